The van der Waals surface area contributed by atoms with E-state index in [1.165, 1.54) is 36.1 Å². The molecule has 0 atom stereocenters. The van der Waals surface area contributed by atoms with Crippen molar-refractivity contribution in [3.05, 3.63) is 71.7 Å². The molecule has 3 aromatic rings. The van der Waals surface area contributed by atoms with Gasteiger partial charge in [-0.2, -0.15) is 0 Å². The Hall–Kier alpha value is -3.71. The highest BCUT2D eigenvalue weighted by Gasteiger charge is 2.23. The lowest BCUT2D eigenvalue weighted by Crippen LogP contribution is -2.36. The topological polar surface area (TPSA) is 81.6 Å². The summed E-state index contributed by atoms with van der Waals surface area (Å²) in [5, 5.41) is 13.0. The van der Waals surface area contributed by atoms with Crippen molar-refractivity contribution < 1.29 is 9.90 Å². The van der Waals surface area contributed by atoms with Crippen LogP contribution in [0.1, 0.15) is 75.8 Å². The first-order valence-corrected chi connectivity index (χ1v) is 15.8. The van der Waals surface area contributed by atoms with Gasteiger partial charge in [0.05, 0.1) is 29.9 Å². The SMILES string of the molecule is CCC1=C(C(=O)Nc2ccc(N3CCC(O)CC3)nc2)c2cc(-c3cncc(N4CCCCC4)c3)ccc2CCCC1. The molecule has 2 fully saturated rings. The van der Waals surface area contributed by atoms with Crippen LogP contribution in [0, 0.1) is 0 Å². The van der Waals surface area contributed by atoms with Crippen LogP contribution in [-0.2, 0) is 11.2 Å². The number of aryl methyl sites for hydroxylation is 1. The number of nitrogens with one attached hydrogen (secondary N) is 1. The number of rotatable bonds is 6. The van der Waals surface area contributed by atoms with Crippen LogP contribution in [0.15, 0.2) is 60.6 Å². The Morgan fingerprint density at radius 2 is 1.69 bits per heavy atom. The number of aliphatic hydroxyl groups is 1. The first-order chi connectivity index (χ1) is 20.6. The molecule has 2 N–H and O–H groups in total. The molecule has 1 aromatic carbocycles. The third-order valence-corrected chi connectivity index (χ3v) is 9.13. The summed E-state index contributed by atoms with van der Waals surface area (Å²) in [7, 11) is 0. The minimum atomic E-state index is -0.220. The lowest BCUT2D eigenvalue weighted by atomic mass is 9.85. The van der Waals surface area contributed by atoms with Crippen LogP contribution in [0.5, 0.6) is 0 Å². The number of hydrogen-bond donors (Lipinski definition) is 2. The molecule has 1 amide bonds. The molecular weight excluding hydrogens is 522 g/mol. The van der Waals surface area contributed by atoms with Gasteiger partial charge in [0.2, 0.25) is 0 Å². The smallest absolute Gasteiger partial charge is 0.256 e. The monoisotopic (exact) mass is 565 g/mol. The predicted octanol–water partition coefficient (Wildman–Crippen LogP) is 6.62. The largest absolute Gasteiger partial charge is 0.393 e. The number of aliphatic hydroxyl groups excluding tert-OH is 1. The number of pyridine rings is 2. The third kappa shape index (κ3) is 6.36. The van der Waals surface area contributed by atoms with Crippen LogP contribution < -0.4 is 15.1 Å². The van der Waals surface area contributed by atoms with E-state index < -0.39 is 0 Å². The van der Waals surface area contributed by atoms with E-state index in [0.717, 1.165) is 99.2 Å². The van der Waals surface area contributed by atoms with Gasteiger partial charge in [-0.05, 0) is 105 Å². The molecule has 220 valence electrons. The van der Waals surface area contributed by atoms with Gasteiger partial charge < -0.3 is 20.2 Å². The third-order valence-electron chi connectivity index (χ3n) is 9.13. The fourth-order valence-corrected chi connectivity index (χ4v) is 6.66. The number of fused-ring (bicyclic) bond motifs is 1. The van der Waals surface area contributed by atoms with Crippen LogP contribution >= 0.6 is 0 Å². The summed E-state index contributed by atoms with van der Waals surface area (Å²) in [5.41, 5.74) is 8.35. The molecular formula is C35H43N5O2. The average Bonchev–Trinajstić information content (AvgIpc) is 3.02. The molecule has 0 spiro atoms. The highest BCUT2D eigenvalue weighted by atomic mass is 16.3. The normalized spacial score (nSPS) is 18.3. The van der Waals surface area contributed by atoms with E-state index in [0.29, 0.717) is 5.69 Å². The van der Waals surface area contributed by atoms with E-state index in [4.69, 9.17) is 0 Å². The van der Waals surface area contributed by atoms with Gasteiger partial charge in [0, 0.05) is 43.5 Å². The van der Waals surface area contributed by atoms with E-state index in [1.807, 2.05) is 24.5 Å². The number of nitrogens with zero attached hydrogens (tertiary/aromatic N) is 4. The molecule has 0 unspecified atom stereocenters. The molecule has 7 nitrogen and oxygen atoms in total. The maximum atomic E-state index is 14.0. The maximum absolute atomic E-state index is 14.0. The molecule has 3 aliphatic rings. The van der Waals surface area contributed by atoms with Gasteiger partial charge in [-0.3, -0.25) is 9.78 Å². The van der Waals surface area contributed by atoms with E-state index in [1.54, 1.807) is 6.20 Å². The second kappa shape index (κ2) is 13.1. The van der Waals surface area contributed by atoms with Crippen molar-refractivity contribution in [2.45, 2.75) is 77.2 Å². The number of aromatic nitrogens is 2. The van der Waals surface area contributed by atoms with E-state index in [2.05, 4.69) is 56.3 Å². The number of piperidine rings is 2. The number of allylic oxidation sites excluding steroid dienone is 1. The second-order valence-corrected chi connectivity index (χ2v) is 12.0. The highest BCUT2D eigenvalue weighted by Crippen LogP contribution is 2.36. The first-order valence-electron chi connectivity index (χ1n) is 15.8. The molecule has 2 saturated heterocycles. The number of anilines is 3. The number of amides is 1. The maximum Gasteiger partial charge on any atom is 0.256 e. The zero-order valence-corrected chi connectivity index (χ0v) is 24.8. The van der Waals surface area contributed by atoms with Crippen molar-refractivity contribution in [2.24, 2.45) is 0 Å². The second-order valence-electron chi connectivity index (χ2n) is 12.0. The number of carbonyl (C=O) groups is 1. The summed E-state index contributed by atoms with van der Waals surface area (Å²) in [5.74, 6) is 0.817. The fourth-order valence-electron chi connectivity index (χ4n) is 6.66. The van der Waals surface area contributed by atoms with Crippen molar-refractivity contribution in [3.63, 3.8) is 0 Å². The summed E-state index contributed by atoms with van der Waals surface area (Å²) < 4.78 is 0. The minimum absolute atomic E-state index is 0.0667. The summed E-state index contributed by atoms with van der Waals surface area (Å²) in [6.07, 6.45) is 15.7. The Kier molecular flexibility index (Phi) is 8.84. The number of benzene rings is 1. The quantitative estimate of drug-likeness (QED) is 0.349. The van der Waals surface area contributed by atoms with Crippen LogP contribution in [-0.4, -0.2) is 53.3 Å². The van der Waals surface area contributed by atoms with Crippen molar-refractivity contribution in [1.29, 1.82) is 0 Å². The Labute approximate surface area is 249 Å². The Bertz CT molecular complexity index is 1420. The van der Waals surface area contributed by atoms with Gasteiger partial charge >= 0.3 is 0 Å². The number of carbonyl (C=O) groups excluding carboxylic acids is 1. The molecule has 2 aromatic heterocycles. The molecule has 4 heterocycles. The molecule has 1 aliphatic carbocycles. The number of hydrogen-bond acceptors (Lipinski definition) is 6. The van der Waals surface area contributed by atoms with Gasteiger partial charge in [-0.25, -0.2) is 4.98 Å². The van der Waals surface area contributed by atoms with Crippen LogP contribution in [0.3, 0.4) is 0 Å². The van der Waals surface area contributed by atoms with E-state index >= 15 is 0 Å². The summed E-state index contributed by atoms with van der Waals surface area (Å²) in [6, 6.07) is 12.8. The van der Waals surface area contributed by atoms with Gasteiger partial charge in [0.25, 0.3) is 5.91 Å². The minimum Gasteiger partial charge on any atom is -0.393 e. The standard InChI is InChI=1S/C35H43N5O2/c1-2-25-8-4-5-9-26-10-11-27(28-20-30(24-36-22-28)39-16-6-3-7-17-39)21-32(26)34(25)35(42)38-29-12-13-33(37-23-29)40-18-14-31(41)15-19-40/h10-13,20-24,31,41H,2-9,14-19H2,1H3,(H,38,42). The molecule has 7 heteroatoms. The average molecular weight is 566 g/mol. The summed E-state index contributed by atoms with van der Waals surface area (Å²) in [4.78, 5) is 27.9. The van der Waals surface area contributed by atoms with Crippen LogP contribution in [0.2, 0.25) is 0 Å². The molecule has 0 radical (unpaired) electrons. The van der Waals surface area contributed by atoms with Gasteiger partial charge in [0.15, 0.2) is 0 Å². The fraction of sp³-hybridized carbons (Fsp3) is 0.457. The molecule has 2 aliphatic heterocycles. The Balaban J connectivity index is 1.29. The van der Waals surface area contributed by atoms with Crippen LogP contribution in [0.4, 0.5) is 17.2 Å². The van der Waals surface area contributed by atoms with E-state index in [-0.39, 0.29) is 12.0 Å². The molecule has 6 rings (SSSR count). The van der Waals surface area contributed by atoms with Crippen molar-refractivity contribution in [1.82, 2.24) is 9.97 Å². The highest BCUT2D eigenvalue weighted by molar-refractivity contribution is 6.26. The van der Waals surface area contributed by atoms with Crippen molar-refractivity contribution >= 4 is 28.7 Å². The molecule has 0 saturated carbocycles. The zero-order valence-electron chi connectivity index (χ0n) is 24.8. The first kappa shape index (κ1) is 28.4. The van der Waals surface area contributed by atoms with Crippen molar-refractivity contribution in [2.75, 3.05) is 41.3 Å². The summed E-state index contributed by atoms with van der Waals surface area (Å²) in [6.45, 7) is 5.91. The molecule has 42 heavy (non-hydrogen) atoms. The van der Waals surface area contributed by atoms with Crippen LogP contribution in [0.25, 0.3) is 16.7 Å². The lowest BCUT2D eigenvalue weighted by molar-refractivity contribution is -0.111. The summed E-state index contributed by atoms with van der Waals surface area (Å²) >= 11 is 0. The van der Waals surface area contributed by atoms with Gasteiger partial charge in [-0.15, -0.1) is 0 Å². The van der Waals surface area contributed by atoms with Gasteiger partial charge in [-0.1, -0.05) is 24.6 Å². The zero-order chi connectivity index (χ0) is 28.9. The lowest BCUT2D eigenvalue weighted by Gasteiger charge is -2.30. The predicted molar refractivity (Wildman–Crippen MR) is 171 cm³/mol. The Morgan fingerprint density at radius 1 is 0.881 bits per heavy atom. The van der Waals surface area contributed by atoms with Crippen molar-refractivity contribution in [3.8, 4) is 11.1 Å². The van der Waals surface area contributed by atoms with E-state index in [9.17, 15) is 9.90 Å². The van der Waals surface area contributed by atoms with Gasteiger partial charge in [0.1, 0.15) is 5.82 Å². The molecule has 0 bridgehead atoms. The Morgan fingerprint density at radius 3 is 2.45 bits per heavy atom.